The third kappa shape index (κ3) is 4.75. The van der Waals surface area contributed by atoms with E-state index >= 15 is 0 Å². The van der Waals surface area contributed by atoms with Crippen LogP contribution in [-0.4, -0.2) is 36.0 Å². The lowest BCUT2D eigenvalue weighted by atomic mass is 9.99. The summed E-state index contributed by atoms with van der Waals surface area (Å²) >= 11 is 0. The van der Waals surface area contributed by atoms with E-state index in [0.29, 0.717) is 18.0 Å². The third-order valence-corrected chi connectivity index (χ3v) is 3.92. The van der Waals surface area contributed by atoms with E-state index in [0.717, 1.165) is 32.2 Å². The largest absolute Gasteiger partial charge is 0.316 e. The molecule has 1 aromatic rings. The van der Waals surface area contributed by atoms with Gasteiger partial charge in [-0.2, -0.15) is 0 Å². The third-order valence-electron chi connectivity index (χ3n) is 3.92. The van der Waals surface area contributed by atoms with Crippen LogP contribution in [-0.2, 0) is 6.54 Å². The second-order valence-corrected chi connectivity index (χ2v) is 5.61. The summed E-state index contributed by atoms with van der Waals surface area (Å²) in [4.78, 5) is 12.5. The number of nitrogens with one attached hydrogen (secondary N) is 1. The first-order valence-electron chi connectivity index (χ1n) is 7.45. The number of non-ortho nitro benzene ring substituents is 1. The quantitative estimate of drug-likeness (QED) is 0.647. The molecule has 0 aromatic heterocycles. The Morgan fingerprint density at radius 2 is 2.29 bits per heavy atom. The standard InChI is InChI=1S/C15H22FN3O2/c1-2-18(10-12-4-3-5-17-9-12)11-13-6-14(16)8-15(7-13)19(20)21/h6-8,12,17H,2-5,9-11H2,1H3. The molecule has 1 saturated heterocycles. The van der Waals surface area contributed by atoms with E-state index in [1.54, 1.807) is 0 Å². The van der Waals surface area contributed by atoms with Crippen LogP contribution in [0.1, 0.15) is 25.3 Å². The molecular weight excluding hydrogens is 273 g/mol. The monoisotopic (exact) mass is 295 g/mol. The van der Waals surface area contributed by atoms with Crippen LogP contribution in [0.15, 0.2) is 18.2 Å². The SMILES string of the molecule is CCN(Cc1cc(F)cc([N+](=O)[O-])c1)CC1CCCNC1. The minimum Gasteiger partial charge on any atom is -0.316 e. The number of nitro benzene ring substituents is 1. The Balaban J connectivity index is 2.01. The fourth-order valence-corrected chi connectivity index (χ4v) is 2.84. The Hall–Kier alpha value is -1.53. The molecule has 0 saturated carbocycles. The molecule has 1 unspecified atom stereocenters. The van der Waals surface area contributed by atoms with Gasteiger partial charge in [0.15, 0.2) is 0 Å². The number of hydrogen-bond acceptors (Lipinski definition) is 4. The van der Waals surface area contributed by atoms with Crippen molar-refractivity contribution in [2.75, 3.05) is 26.2 Å². The van der Waals surface area contributed by atoms with Crippen molar-refractivity contribution in [2.24, 2.45) is 5.92 Å². The highest BCUT2D eigenvalue weighted by atomic mass is 19.1. The maximum atomic E-state index is 13.5. The lowest BCUT2D eigenvalue weighted by Crippen LogP contribution is -2.38. The molecule has 116 valence electrons. The molecule has 0 aliphatic carbocycles. The van der Waals surface area contributed by atoms with Gasteiger partial charge in [0.1, 0.15) is 5.82 Å². The van der Waals surface area contributed by atoms with Gasteiger partial charge in [-0.1, -0.05) is 6.92 Å². The molecule has 21 heavy (non-hydrogen) atoms. The topological polar surface area (TPSA) is 58.4 Å². The van der Waals surface area contributed by atoms with Crippen molar-refractivity contribution in [1.82, 2.24) is 10.2 Å². The van der Waals surface area contributed by atoms with Crippen molar-refractivity contribution < 1.29 is 9.31 Å². The lowest BCUT2D eigenvalue weighted by Gasteiger charge is -2.29. The summed E-state index contributed by atoms with van der Waals surface area (Å²) in [7, 11) is 0. The summed E-state index contributed by atoms with van der Waals surface area (Å²) in [5, 5.41) is 14.2. The number of nitro groups is 1. The average Bonchev–Trinajstić information content (AvgIpc) is 2.47. The summed E-state index contributed by atoms with van der Waals surface area (Å²) in [6, 6.07) is 3.81. The fraction of sp³-hybridized carbons (Fsp3) is 0.600. The zero-order valence-corrected chi connectivity index (χ0v) is 12.3. The smallest absolute Gasteiger partial charge is 0.272 e. The highest BCUT2D eigenvalue weighted by molar-refractivity contribution is 5.35. The molecule has 1 aliphatic rings. The molecule has 1 fully saturated rings. The van der Waals surface area contributed by atoms with Crippen LogP contribution in [0.4, 0.5) is 10.1 Å². The predicted molar refractivity (Wildman–Crippen MR) is 79.6 cm³/mol. The van der Waals surface area contributed by atoms with Crippen LogP contribution in [0.5, 0.6) is 0 Å². The highest BCUT2D eigenvalue weighted by Gasteiger charge is 2.17. The van der Waals surface area contributed by atoms with Gasteiger partial charge >= 0.3 is 0 Å². The van der Waals surface area contributed by atoms with Gasteiger partial charge in [-0.15, -0.1) is 0 Å². The number of piperidine rings is 1. The number of nitrogens with zero attached hydrogens (tertiary/aromatic N) is 2. The van der Waals surface area contributed by atoms with Gasteiger partial charge in [0.2, 0.25) is 0 Å². The van der Waals surface area contributed by atoms with E-state index in [1.807, 2.05) is 0 Å². The van der Waals surface area contributed by atoms with E-state index in [1.165, 1.54) is 25.0 Å². The zero-order valence-electron chi connectivity index (χ0n) is 12.3. The fourth-order valence-electron chi connectivity index (χ4n) is 2.84. The molecule has 1 aliphatic heterocycles. The summed E-state index contributed by atoms with van der Waals surface area (Å²) in [6.45, 7) is 6.49. The molecule has 1 N–H and O–H groups in total. The normalized spacial score (nSPS) is 18.9. The van der Waals surface area contributed by atoms with Gasteiger partial charge in [-0.25, -0.2) is 4.39 Å². The second kappa shape index (κ2) is 7.47. The van der Waals surface area contributed by atoms with Gasteiger partial charge in [-0.05, 0) is 50.0 Å². The summed E-state index contributed by atoms with van der Waals surface area (Å²) in [6.07, 6.45) is 2.39. The summed E-state index contributed by atoms with van der Waals surface area (Å²) in [5.41, 5.74) is 0.479. The van der Waals surface area contributed by atoms with E-state index in [2.05, 4.69) is 17.1 Å². The summed E-state index contributed by atoms with van der Waals surface area (Å²) in [5.74, 6) is 0.0526. The van der Waals surface area contributed by atoms with E-state index in [4.69, 9.17) is 0 Å². The Morgan fingerprint density at radius 1 is 1.48 bits per heavy atom. The van der Waals surface area contributed by atoms with Gasteiger partial charge in [-0.3, -0.25) is 15.0 Å². The lowest BCUT2D eigenvalue weighted by molar-refractivity contribution is -0.385. The number of rotatable bonds is 6. The van der Waals surface area contributed by atoms with Crippen molar-refractivity contribution in [2.45, 2.75) is 26.3 Å². The molecule has 1 aromatic carbocycles. The Labute approximate surface area is 124 Å². The number of benzene rings is 1. The molecule has 6 heteroatoms. The van der Waals surface area contributed by atoms with Crippen LogP contribution in [0.2, 0.25) is 0 Å². The second-order valence-electron chi connectivity index (χ2n) is 5.61. The first-order chi connectivity index (χ1) is 10.1. The zero-order chi connectivity index (χ0) is 15.2. The number of halogens is 1. The van der Waals surface area contributed by atoms with Crippen LogP contribution in [0.25, 0.3) is 0 Å². The van der Waals surface area contributed by atoms with Crippen molar-refractivity contribution in [1.29, 1.82) is 0 Å². The maximum Gasteiger partial charge on any atom is 0.272 e. The van der Waals surface area contributed by atoms with E-state index in [-0.39, 0.29) is 5.69 Å². The molecule has 5 nitrogen and oxygen atoms in total. The highest BCUT2D eigenvalue weighted by Crippen LogP contribution is 2.19. The van der Waals surface area contributed by atoms with Crippen LogP contribution >= 0.6 is 0 Å². The molecule has 1 heterocycles. The van der Waals surface area contributed by atoms with Crippen molar-refractivity contribution in [3.05, 3.63) is 39.7 Å². The van der Waals surface area contributed by atoms with Crippen LogP contribution in [0.3, 0.4) is 0 Å². The maximum absolute atomic E-state index is 13.5. The van der Waals surface area contributed by atoms with Crippen molar-refractivity contribution in [3.8, 4) is 0 Å². The Kier molecular flexibility index (Phi) is 5.64. The van der Waals surface area contributed by atoms with Crippen molar-refractivity contribution >= 4 is 5.69 Å². The summed E-state index contributed by atoms with van der Waals surface area (Å²) < 4.78 is 13.5. The molecule has 1 atom stereocenters. The minimum absolute atomic E-state index is 0.180. The van der Waals surface area contributed by atoms with E-state index in [9.17, 15) is 14.5 Å². The van der Waals surface area contributed by atoms with E-state index < -0.39 is 10.7 Å². The molecule has 2 rings (SSSR count). The average molecular weight is 295 g/mol. The Bertz CT molecular complexity index is 490. The minimum atomic E-state index is -0.548. The van der Waals surface area contributed by atoms with Crippen LogP contribution in [0, 0.1) is 21.8 Å². The molecule has 0 spiro atoms. The van der Waals surface area contributed by atoms with Gasteiger partial charge in [0.05, 0.1) is 11.0 Å². The van der Waals surface area contributed by atoms with Gasteiger partial charge in [0, 0.05) is 19.2 Å². The predicted octanol–water partition coefficient (Wildman–Crippen LogP) is 2.56. The van der Waals surface area contributed by atoms with Crippen LogP contribution < -0.4 is 5.32 Å². The molecular formula is C15H22FN3O2. The first-order valence-corrected chi connectivity index (χ1v) is 7.45. The van der Waals surface area contributed by atoms with Crippen molar-refractivity contribution in [3.63, 3.8) is 0 Å². The Morgan fingerprint density at radius 3 is 2.90 bits per heavy atom. The first kappa shape index (κ1) is 15.9. The number of hydrogen-bond donors (Lipinski definition) is 1. The molecule has 0 radical (unpaired) electrons. The molecule has 0 amide bonds. The van der Waals surface area contributed by atoms with Gasteiger partial charge < -0.3 is 5.32 Å². The van der Waals surface area contributed by atoms with Gasteiger partial charge in [0.25, 0.3) is 5.69 Å². The molecule has 0 bridgehead atoms.